The highest BCUT2D eigenvalue weighted by Crippen LogP contribution is 2.28. The van der Waals surface area contributed by atoms with Gasteiger partial charge in [0, 0.05) is 29.6 Å². The summed E-state index contributed by atoms with van der Waals surface area (Å²) in [5.41, 5.74) is 4.98. The van der Waals surface area contributed by atoms with Gasteiger partial charge in [0.1, 0.15) is 5.65 Å². The number of carbonyl (C=O) groups is 1. The van der Waals surface area contributed by atoms with E-state index in [0.717, 1.165) is 35.4 Å². The van der Waals surface area contributed by atoms with Crippen molar-refractivity contribution < 1.29 is 4.79 Å². The number of aromatic nitrogens is 2. The second-order valence-corrected chi connectivity index (χ2v) is 6.29. The van der Waals surface area contributed by atoms with Gasteiger partial charge < -0.3 is 9.72 Å². The Bertz CT molecular complexity index is 860. The third-order valence-corrected chi connectivity index (χ3v) is 4.54. The monoisotopic (exact) mass is 305 g/mol. The summed E-state index contributed by atoms with van der Waals surface area (Å²) in [5, 5.41) is 2.99. The quantitative estimate of drug-likeness (QED) is 0.793. The van der Waals surface area contributed by atoms with Gasteiger partial charge in [0.25, 0.3) is 0 Å². The molecule has 1 aromatic carbocycles. The fourth-order valence-electron chi connectivity index (χ4n) is 2.86. The molecule has 4 rings (SSSR count). The molecular weight excluding hydrogens is 286 g/mol. The highest BCUT2D eigenvalue weighted by atomic mass is 16.1. The van der Waals surface area contributed by atoms with Crippen molar-refractivity contribution >= 4 is 17.2 Å². The summed E-state index contributed by atoms with van der Waals surface area (Å²) < 4.78 is 2.02. The van der Waals surface area contributed by atoms with E-state index in [0.29, 0.717) is 0 Å². The van der Waals surface area contributed by atoms with Crippen molar-refractivity contribution in [1.29, 1.82) is 0 Å². The van der Waals surface area contributed by atoms with Crippen molar-refractivity contribution in [2.45, 2.75) is 26.2 Å². The molecule has 0 spiro atoms. The lowest BCUT2D eigenvalue weighted by Gasteiger charge is -2.24. The van der Waals surface area contributed by atoms with Gasteiger partial charge in [0.2, 0.25) is 5.91 Å². The lowest BCUT2D eigenvalue weighted by molar-refractivity contribution is -0.122. The number of imidazole rings is 1. The number of aryl methyl sites for hydroxylation is 1. The molecule has 2 aromatic heterocycles. The Morgan fingerprint density at radius 1 is 1.22 bits per heavy atom. The van der Waals surface area contributed by atoms with Gasteiger partial charge in [0.05, 0.1) is 5.69 Å². The van der Waals surface area contributed by atoms with Crippen LogP contribution >= 0.6 is 0 Å². The molecule has 3 aromatic rings. The molecule has 0 radical (unpaired) electrons. The van der Waals surface area contributed by atoms with Crippen LogP contribution in [0.2, 0.25) is 0 Å². The van der Waals surface area contributed by atoms with Crippen LogP contribution in [-0.2, 0) is 4.79 Å². The Balaban J connectivity index is 1.55. The average Bonchev–Trinajstić information content (AvgIpc) is 2.89. The first-order chi connectivity index (χ1) is 11.2. The number of amides is 1. The van der Waals surface area contributed by atoms with Crippen LogP contribution < -0.4 is 5.32 Å². The second kappa shape index (κ2) is 5.54. The van der Waals surface area contributed by atoms with Crippen LogP contribution in [0, 0.1) is 12.8 Å². The first-order valence-electron chi connectivity index (χ1n) is 8.06. The highest BCUT2D eigenvalue weighted by Gasteiger charge is 2.25. The molecule has 0 saturated heterocycles. The van der Waals surface area contributed by atoms with Crippen LogP contribution in [0.4, 0.5) is 5.69 Å². The van der Waals surface area contributed by atoms with E-state index < -0.39 is 0 Å². The average molecular weight is 305 g/mol. The van der Waals surface area contributed by atoms with Gasteiger partial charge in [-0.2, -0.15) is 0 Å². The van der Waals surface area contributed by atoms with E-state index in [1.807, 2.05) is 41.1 Å². The Morgan fingerprint density at radius 2 is 2.00 bits per heavy atom. The number of anilines is 1. The zero-order chi connectivity index (χ0) is 15.8. The van der Waals surface area contributed by atoms with Crippen molar-refractivity contribution in [1.82, 2.24) is 9.38 Å². The van der Waals surface area contributed by atoms with Gasteiger partial charge in [0.15, 0.2) is 0 Å². The zero-order valence-corrected chi connectivity index (χ0v) is 13.1. The minimum absolute atomic E-state index is 0.146. The molecule has 4 heteroatoms. The molecular formula is C19H19N3O. The number of hydrogen-bond acceptors (Lipinski definition) is 2. The highest BCUT2D eigenvalue weighted by molar-refractivity contribution is 5.93. The third kappa shape index (κ3) is 2.72. The second-order valence-electron chi connectivity index (χ2n) is 6.29. The Labute approximate surface area is 135 Å². The van der Waals surface area contributed by atoms with E-state index in [4.69, 9.17) is 0 Å². The third-order valence-electron chi connectivity index (χ3n) is 4.54. The van der Waals surface area contributed by atoms with E-state index in [2.05, 4.69) is 29.4 Å². The number of nitrogens with one attached hydrogen (secondary N) is 1. The van der Waals surface area contributed by atoms with Crippen molar-refractivity contribution in [3.8, 4) is 11.3 Å². The maximum Gasteiger partial charge on any atom is 0.227 e. The normalized spacial score (nSPS) is 14.7. The summed E-state index contributed by atoms with van der Waals surface area (Å²) in [6.45, 7) is 2.06. The van der Waals surface area contributed by atoms with E-state index in [1.54, 1.807) is 0 Å². The van der Waals surface area contributed by atoms with Gasteiger partial charge >= 0.3 is 0 Å². The fourth-order valence-corrected chi connectivity index (χ4v) is 2.86. The number of carbonyl (C=O) groups excluding carboxylic acids is 1. The molecule has 1 fully saturated rings. The molecule has 4 nitrogen and oxygen atoms in total. The van der Waals surface area contributed by atoms with Crippen molar-refractivity contribution in [3.63, 3.8) is 0 Å². The van der Waals surface area contributed by atoms with Gasteiger partial charge in [-0.15, -0.1) is 0 Å². The number of hydrogen-bond donors (Lipinski definition) is 1. The van der Waals surface area contributed by atoms with E-state index in [1.165, 1.54) is 12.0 Å². The predicted molar refractivity (Wildman–Crippen MR) is 91.3 cm³/mol. The maximum absolute atomic E-state index is 12.0. The topological polar surface area (TPSA) is 46.4 Å². The first-order valence-corrected chi connectivity index (χ1v) is 8.06. The van der Waals surface area contributed by atoms with Crippen LogP contribution in [0.5, 0.6) is 0 Å². The first kappa shape index (κ1) is 14.0. The fraction of sp³-hybridized carbons (Fsp3) is 0.263. The van der Waals surface area contributed by atoms with Gasteiger partial charge in [-0.1, -0.05) is 18.6 Å². The summed E-state index contributed by atoms with van der Waals surface area (Å²) in [6.07, 6.45) is 7.25. The zero-order valence-electron chi connectivity index (χ0n) is 13.1. The summed E-state index contributed by atoms with van der Waals surface area (Å²) in [6, 6.07) is 12.0. The standard InChI is InChI=1S/C19H19N3O/c1-13-9-10-22-12-17(21-18(22)11-13)14-5-7-16(8-6-14)20-19(23)15-3-2-4-15/h5-12,15H,2-4H2,1H3,(H,20,23). The van der Waals surface area contributed by atoms with Crippen LogP contribution in [0.3, 0.4) is 0 Å². The number of pyridine rings is 1. The van der Waals surface area contributed by atoms with Crippen molar-refractivity contribution in [2.75, 3.05) is 5.32 Å². The molecule has 0 bridgehead atoms. The summed E-state index contributed by atoms with van der Waals surface area (Å²) in [5.74, 6) is 0.351. The molecule has 1 saturated carbocycles. The minimum atomic E-state index is 0.146. The van der Waals surface area contributed by atoms with Crippen LogP contribution in [0.1, 0.15) is 24.8 Å². The molecule has 1 aliphatic rings. The molecule has 1 N–H and O–H groups in total. The summed E-state index contributed by atoms with van der Waals surface area (Å²) in [4.78, 5) is 16.6. The molecule has 1 aliphatic carbocycles. The van der Waals surface area contributed by atoms with Crippen LogP contribution in [0.25, 0.3) is 16.9 Å². The van der Waals surface area contributed by atoms with E-state index in [-0.39, 0.29) is 11.8 Å². The van der Waals surface area contributed by atoms with Crippen LogP contribution in [-0.4, -0.2) is 15.3 Å². The van der Waals surface area contributed by atoms with Crippen molar-refractivity contribution in [2.24, 2.45) is 5.92 Å². The number of rotatable bonds is 3. The SMILES string of the molecule is Cc1ccn2cc(-c3ccc(NC(=O)C4CCC4)cc3)nc2c1. The predicted octanol–water partition coefficient (Wildman–Crippen LogP) is 4.05. The Kier molecular flexibility index (Phi) is 3.37. The Morgan fingerprint density at radius 3 is 2.70 bits per heavy atom. The molecule has 116 valence electrons. The van der Waals surface area contributed by atoms with Gasteiger partial charge in [-0.25, -0.2) is 4.98 Å². The molecule has 0 aliphatic heterocycles. The maximum atomic E-state index is 12.0. The minimum Gasteiger partial charge on any atom is -0.326 e. The summed E-state index contributed by atoms with van der Waals surface area (Å²) >= 11 is 0. The Hall–Kier alpha value is -2.62. The largest absolute Gasteiger partial charge is 0.326 e. The van der Waals surface area contributed by atoms with E-state index in [9.17, 15) is 4.79 Å². The van der Waals surface area contributed by atoms with Gasteiger partial charge in [-0.05, 0) is 49.6 Å². The van der Waals surface area contributed by atoms with Crippen molar-refractivity contribution in [3.05, 3.63) is 54.4 Å². The van der Waals surface area contributed by atoms with Gasteiger partial charge in [-0.3, -0.25) is 4.79 Å². The van der Waals surface area contributed by atoms with Crippen LogP contribution in [0.15, 0.2) is 48.8 Å². The lowest BCUT2D eigenvalue weighted by Crippen LogP contribution is -2.27. The number of fused-ring (bicyclic) bond motifs is 1. The lowest BCUT2D eigenvalue weighted by atomic mass is 9.85. The molecule has 0 atom stereocenters. The molecule has 1 amide bonds. The smallest absolute Gasteiger partial charge is 0.227 e. The number of benzene rings is 1. The summed E-state index contributed by atoms with van der Waals surface area (Å²) in [7, 11) is 0. The number of nitrogens with zero attached hydrogens (tertiary/aromatic N) is 2. The molecule has 23 heavy (non-hydrogen) atoms. The van der Waals surface area contributed by atoms with E-state index >= 15 is 0 Å². The molecule has 0 unspecified atom stereocenters. The molecule has 2 heterocycles.